The number of amides is 1. The van der Waals surface area contributed by atoms with Crippen molar-refractivity contribution in [2.75, 3.05) is 27.3 Å². The molecule has 0 aliphatic carbocycles. The highest BCUT2D eigenvalue weighted by atomic mass is 16.5. The van der Waals surface area contributed by atoms with Gasteiger partial charge in [0.1, 0.15) is 0 Å². The number of hydrogen-bond donors (Lipinski definition) is 0. The summed E-state index contributed by atoms with van der Waals surface area (Å²) in [4.78, 5) is 25.9. The molecule has 0 aromatic heterocycles. The Bertz CT molecular complexity index is 603. The normalized spacial score (nSPS) is 14.7. The monoisotopic (exact) mass is 331 g/mol. The van der Waals surface area contributed by atoms with Crippen molar-refractivity contribution in [3.8, 4) is 11.5 Å². The van der Waals surface area contributed by atoms with Crippen LogP contribution in [0.3, 0.4) is 0 Å². The SMILES string of the molecule is COc1ccc(/C=C/C(=O)CCC(=O)N2CCCCC2)cc1OC. The molecule has 1 fully saturated rings. The highest BCUT2D eigenvalue weighted by Crippen LogP contribution is 2.28. The van der Waals surface area contributed by atoms with Crippen LogP contribution in [0, 0.1) is 0 Å². The van der Waals surface area contributed by atoms with Crippen LogP contribution in [-0.2, 0) is 9.59 Å². The lowest BCUT2D eigenvalue weighted by molar-refractivity contribution is -0.133. The van der Waals surface area contributed by atoms with Crippen molar-refractivity contribution in [1.82, 2.24) is 4.90 Å². The van der Waals surface area contributed by atoms with E-state index in [9.17, 15) is 9.59 Å². The van der Waals surface area contributed by atoms with Gasteiger partial charge in [0.25, 0.3) is 0 Å². The van der Waals surface area contributed by atoms with Gasteiger partial charge in [-0.3, -0.25) is 9.59 Å². The van der Waals surface area contributed by atoms with E-state index in [2.05, 4.69) is 0 Å². The number of ether oxygens (including phenoxy) is 2. The molecular formula is C19H25NO4. The predicted molar refractivity (Wildman–Crippen MR) is 93.3 cm³/mol. The minimum Gasteiger partial charge on any atom is -0.493 e. The number of rotatable bonds is 7. The van der Waals surface area contributed by atoms with Crippen molar-refractivity contribution in [2.24, 2.45) is 0 Å². The average molecular weight is 331 g/mol. The molecule has 5 heteroatoms. The fourth-order valence-electron chi connectivity index (χ4n) is 2.76. The number of carbonyl (C=O) groups is 2. The first kappa shape index (κ1) is 18.0. The van der Waals surface area contributed by atoms with Crippen LogP contribution in [0.1, 0.15) is 37.7 Å². The average Bonchev–Trinajstić information content (AvgIpc) is 2.64. The number of ketones is 1. The Kier molecular flexibility index (Phi) is 6.85. The zero-order valence-electron chi connectivity index (χ0n) is 14.4. The first-order valence-electron chi connectivity index (χ1n) is 8.34. The number of likely N-dealkylation sites (tertiary alicyclic amines) is 1. The fraction of sp³-hybridized carbons (Fsp3) is 0.474. The first-order chi connectivity index (χ1) is 11.6. The van der Waals surface area contributed by atoms with Crippen molar-refractivity contribution < 1.29 is 19.1 Å². The van der Waals surface area contributed by atoms with Gasteiger partial charge < -0.3 is 14.4 Å². The van der Waals surface area contributed by atoms with Crippen molar-refractivity contribution in [1.29, 1.82) is 0 Å². The van der Waals surface area contributed by atoms with Crippen LogP contribution in [0.5, 0.6) is 11.5 Å². The van der Waals surface area contributed by atoms with Gasteiger partial charge in [-0.25, -0.2) is 0 Å². The molecule has 0 N–H and O–H groups in total. The van der Waals surface area contributed by atoms with E-state index in [0.717, 1.165) is 31.5 Å². The Hall–Kier alpha value is -2.30. The lowest BCUT2D eigenvalue weighted by Crippen LogP contribution is -2.35. The number of piperidine rings is 1. The Balaban J connectivity index is 1.85. The summed E-state index contributed by atoms with van der Waals surface area (Å²) in [7, 11) is 3.15. The second-order valence-electron chi connectivity index (χ2n) is 5.86. The minimum absolute atomic E-state index is 0.0462. The molecule has 1 saturated heterocycles. The summed E-state index contributed by atoms with van der Waals surface area (Å²) >= 11 is 0. The topological polar surface area (TPSA) is 55.8 Å². The molecule has 1 heterocycles. The Morgan fingerprint density at radius 1 is 1.04 bits per heavy atom. The molecule has 1 aliphatic heterocycles. The second kappa shape index (κ2) is 9.11. The summed E-state index contributed by atoms with van der Waals surface area (Å²) in [6, 6.07) is 5.45. The molecule has 0 radical (unpaired) electrons. The number of benzene rings is 1. The van der Waals surface area contributed by atoms with Crippen LogP contribution >= 0.6 is 0 Å². The fourth-order valence-corrected chi connectivity index (χ4v) is 2.76. The maximum absolute atomic E-state index is 12.1. The summed E-state index contributed by atoms with van der Waals surface area (Å²) in [5.74, 6) is 1.30. The number of nitrogens with zero attached hydrogens (tertiary/aromatic N) is 1. The highest BCUT2D eigenvalue weighted by molar-refractivity contribution is 5.95. The van der Waals surface area contributed by atoms with Gasteiger partial charge in [0.05, 0.1) is 14.2 Å². The Morgan fingerprint density at radius 3 is 2.42 bits per heavy atom. The van der Waals surface area contributed by atoms with Gasteiger partial charge in [-0.1, -0.05) is 12.1 Å². The van der Waals surface area contributed by atoms with Crippen molar-refractivity contribution in [3.05, 3.63) is 29.8 Å². The van der Waals surface area contributed by atoms with E-state index in [1.807, 2.05) is 17.0 Å². The molecule has 24 heavy (non-hydrogen) atoms. The molecule has 1 aliphatic rings. The number of methoxy groups -OCH3 is 2. The number of allylic oxidation sites excluding steroid dienone is 1. The van der Waals surface area contributed by atoms with E-state index >= 15 is 0 Å². The van der Waals surface area contributed by atoms with Gasteiger partial charge in [0, 0.05) is 25.9 Å². The van der Waals surface area contributed by atoms with E-state index in [-0.39, 0.29) is 24.5 Å². The van der Waals surface area contributed by atoms with Gasteiger partial charge in [-0.2, -0.15) is 0 Å². The summed E-state index contributed by atoms with van der Waals surface area (Å²) in [6.45, 7) is 1.66. The molecular weight excluding hydrogens is 306 g/mol. The van der Waals surface area contributed by atoms with Crippen LogP contribution in [0.15, 0.2) is 24.3 Å². The lowest BCUT2D eigenvalue weighted by atomic mass is 10.1. The van der Waals surface area contributed by atoms with Crippen LogP contribution in [-0.4, -0.2) is 43.9 Å². The van der Waals surface area contributed by atoms with E-state index < -0.39 is 0 Å². The van der Waals surface area contributed by atoms with Crippen molar-refractivity contribution >= 4 is 17.8 Å². The Labute approximate surface area is 143 Å². The van der Waals surface area contributed by atoms with Gasteiger partial charge in [0.15, 0.2) is 17.3 Å². The standard InChI is InChI=1S/C19H25NO4/c1-23-17-10-7-15(14-18(17)24-2)6-8-16(21)9-11-19(22)20-12-4-3-5-13-20/h6-8,10,14H,3-5,9,11-13H2,1-2H3/b8-6+. The third-order valence-corrected chi connectivity index (χ3v) is 4.16. The quantitative estimate of drug-likeness (QED) is 0.721. The van der Waals surface area contributed by atoms with Crippen molar-refractivity contribution in [3.63, 3.8) is 0 Å². The van der Waals surface area contributed by atoms with Crippen molar-refractivity contribution in [2.45, 2.75) is 32.1 Å². The predicted octanol–water partition coefficient (Wildman–Crippen LogP) is 3.08. The molecule has 1 aromatic rings. The molecule has 0 spiro atoms. The highest BCUT2D eigenvalue weighted by Gasteiger charge is 2.16. The van der Waals surface area contributed by atoms with E-state index in [0.29, 0.717) is 11.5 Å². The summed E-state index contributed by atoms with van der Waals surface area (Å²) in [5.41, 5.74) is 0.850. The molecule has 2 rings (SSSR count). The molecule has 0 bridgehead atoms. The Morgan fingerprint density at radius 2 is 1.75 bits per heavy atom. The molecule has 1 amide bonds. The lowest BCUT2D eigenvalue weighted by Gasteiger charge is -2.26. The van der Waals surface area contributed by atoms with Gasteiger partial charge in [-0.05, 0) is 43.0 Å². The maximum atomic E-state index is 12.1. The van der Waals surface area contributed by atoms with Gasteiger partial charge in [-0.15, -0.1) is 0 Å². The maximum Gasteiger partial charge on any atom is 0.223 e. The van der Waals surface area contributed by atoms with Gasteiger partial charge >= 0.3 is 0 Å². The minimum atomic E-state index is -0.0462. The number of carbonyl (C=O) groups excluding carboxylic acids is 2. The zero-order chi connectivity index (χ0) is 17.4. The molecule has 130 valence electrons. The van der Waals surface area contributed by atoms with Crippen LogP contribution < -0.4 is 9.47 Å². The third kappa shape index (κ3) is 5.11. The third-order valence-electron chi connectivity index (χ3n) is 4.16. The first-order valence-corrected chi connectivity index (χ1v) is 8.34. The van der Waals surface area contributed by atoms with E-state index in [1.165, 1.54) is 12.5 Å². The van der Waals surface area contributed by atoms with Crippen LogP contribution in [0.4, 0.5) is 0 Å². The summed E-state index contributed by atoms with van der Waals surface area (Å²) in [5, 5.41) is 0. The smallest absolute Gasteiger partial charge is 0.223 e. The summed E-state index contributed by atoms with van der Waals surface area (Å²) < 4.78 is 10.4. The second-order valence-corrected chi connectivity index (χ2v) is 5.86. The summed E-state index contributed by atoms with van der Waals surface area (Å²) in [6.07, 6.45) is 7.11. The van der Waals surface area contributed by atoms with Crippen LogP contribution in [0.25, 0.3) is 6.08 Å². The molecule has 0 saturated carbocycles. The number of hydrogen-bond acceptors (Lipinski definition) is 4. The molecule has 0 atom stereocenters. The largest absolute Gasteiger partial charge is 0.493 e. The van der Waals surface area contributed by atoms with E-state index in [4.69, 9.17) is 9.47 Å². The van der Waals surface area contributed by atoms with Crippen LogP contribution in [0.2, 0.25) is 0 Å². The van der Waals surface area contributed by atoms with E-state index in [1.54, 1.807) is 26.4 Å². The van der Waals surface area contributed by atoms with Gasteiger partial charge in [0.2, 0.25) is 5.91 Å². The zero-order valence-corrected chi connectivity index (χ0v) is 14.4. The molecule has 1 aromatic carbocycles. The molecule has 0 unspecified atom stereocenters. The molecule has 5 nitrogen and oxygen atoms in total.